The predicted molar refractivity (Wildman–Crippen MR) is 167 cm³/mol. The number of carbonyl (C=O) groups excluding carboxylic acids is 1. The molecule has 1 aliphatic rings. The molecule has 5 rings (SSSR count). The third kappa shape index (κ3) is 5.75. The smallest absolute Gasteiger partial charge is 0.160 e. The van der Waals surface area contributed by atoms with Crippen LogP contribution in [0.4, 0.5) is 5.69 Å². The normalized spacial score (nSPS) is 16.0. The fourth-order valence-electron chi connectivity index (χ4n) is 5.62. The van der Waals surface area contributed by atoms with Gasteiger partial charge in [-0.05, 0) is 64.6 Å². The van der Waals surface area contributed by atoms with Crippen molar-refractivity contribution in [3.8, 4) is 5.75 Å². The minimum Gasteiger partial charge on any atom is -0.489 e. The highest BCUT2D eigenvalue weighted by Crippen LogP contribution is 2.49. The van der Waals surface area contributed by atoms with Gasteiger partial charge < -0.3 is 10.5 Å². The number of rotatable bonds is 6. The molecule has 4 aromatic carbocycles. The topological polar surface area (TPSA) is 52.3 Å². The van der Waals surface area contributed by atoms with Crippen molar-refractivity contribution in [3.63, 3.8) is 0 Å². The molecular formula is C33H30BrCl2NO2. The van der Waals surface area contributed by atoms with Gasteiger partial charge in [0.1, 0.15) is 12.4 Å². The van der Waals surface area contributed by atoms with Crippen molar-refractivity contribution in [2.45, 2.75) is 46.1 Å². The van der Waals surface area contributed by atoms with Crippen LogP contribution in [0, 0.1) is 5.41 Å². The van der Waals surface area contributed by atoms with Crippen LogP contribution >= 0.6 is 39.1 Å². The van der Waals surface area contributed by atoms with E-state index in [1.807, 2.05) is 48.5 Å². The lowest BCUT2D eigenvalue weighted by atomic mass is 9.68. The summed E-state index contributed by atoms with van der Waals surface area (Å²) in [6.45, 7) is 6.66. The lowest BCUT2D eigenvalue weighted by Gasteiger charge is -2.35. The number of anilines is 1. The maximum Gasteiger partial charge on any atom is 0.160 e. The number of ketones is 1. The molecule has 6 heteroatoms. The molecule has 39 heavy (non-hydrogen) atoms. The number of hydrogen-bond acceptors (Lipinski definition) is 3. The Kier molecular flexibility index (Phi) is 7.83. The minimum absolute atomic E-state index is 0.146. The molecule has 0 bridgehead atoms. The Morgan fingerprint density at radius 3 is 2.54 bits per heavy atom. The Morgan fingerprint density at radius 1 is 1.00 bits per heavy atom. The summed E-state index contributed by atoms with van der Waals surface area (Å²) in [6.07, 6.45) is 1.23. The average molecular weight is 623 g/mol. The van der Waals surface area contributed by atoms with Gasteiger partial charge in [0.2, 0.25) is 0 Å². The van der Waals surface area contributed by atoms with E-state index in [2.05, 4.69) is 48.8 Å². The summed E-state index contributed by atoms with van der Waals surface area (Å²) in [4.78, 5) is 13.9. The number of Topliss-reactive ketones (excluding diaryl/α,β-unsaturated/α-hetero) is 1. The van der Waals surface area contributed by atoms with E-state index in [1.54, 1.807) is 12.1 Å². The molecule has 0 aromatic heterocycles. The quantitative estimate of drug-likeness (QED) is 0.218. The zero-order valence-corrected chi connectivity index (χ0v) is 25.3. The van der Waals surface area contributed by atoms with Crippen LogP contribution in [0.3, 0.4) is 0 Å². The fourth-order valence-corrected chi connectivity index (χ4v) is 6.47. The van der Waals surface area contributed by atoms with Gasteiger partial charge in [0.05, 0.1) is 0 Å². The van der Waals surface area contributed by atoms with Gasteiger partial charge >= 0.3 is 0 Å². The van der Waals surface area contributed by atoms with E-state index in [4.69, 9.17) is 33.7 Å². The van der Waals surface area contributed by atoms with Crippen LogP contribution in [0.1, 0.15) is 56.2 Å². The van der Waals surface area contributed by atoms with Crippen molar-refractivity contribution in [2.75, 3.05) is 5.73 Å². The van der Waals surface area contributed by atoms with Gasteiger partial charge in [-0.1, -0.05) is 96.3 Å². The van der Waals surface area contributed by atoms with Crippen LogP contribution in [0.15, 0.2) is 82.8 Å². The molecule has 0 heterocycles. The van der Waals surface area contributed by atoms with Crippen molar-refractivity contribution in [1.29, 1.82) is 0 Å². The molecule has 1 aliphatic carbocycles. The SMILES string of the molecule is C[C@H](C1=C(c2c(N)ccc3ccccc23)CC(C)(C)CC1=O)c1cc(Br)ccc1OCc1ccc(Cl)cc1Cl. The molecule has 0 saturated heterocycles. The van der Waals surface area contributed by atoms with Crippen LogP contribution in [0.25, 0.3) is 16.3 Å². The maximum atomic E-state index is 13.9. The Hall–Kier alpha value is -2.79. The summed E-state index contributed by atoms with van der Waals surface area (Å²) < 4.78 is 7.23. The first-order valence-corrected chi connectivity index (χ1v) is 14.5. The van der Waals surface area contributed by atoms with E-state index in [0.717, 1.165) is 49.5 Å². The summed E-state index contributed by atoms with van der Waals surface area (Å²) in [7, 11) is 0. The first kappa shape index (κ1) is 27.8. The molecule has 0 amide bonds. The van der Waals surface area contributed by atoms with E-state index in [9.17, 15) is 4.79 Å². The van der Waals surface area contributed by atoms with Gasteiger partial charge in [-0.15, -0.1) is 0 Å². The largest absolute Gasteiger partial charge is 0.489 e. The Morgan fingerprint density at radius 2 is 1.77 bits per heavy atom. The summed E-state index contributed by atoms with van der Waals surface area (Å²) >= 11 is 16.1. The second-order valence-corrected chi connectivity index (χ2v) is 12.8. The summed E-state index contributed by atoms with van der Waals surface area (Å²) in [6, 6.07) is 23.5. The molecule has 200 valence electrons. The molecule has 2 N–H and O–H groups in total. The Balaban J connectivity index is 1.64. The molecule has 0 aliphatic heterocycles. The Labute approximate surface area is 248 Å². The first-order chi connectivity index (χ1) is 18.5. The monoisotopic (exact) mass is 621 g/mol. The third-order valence-electron chi connectivity index (χ3n) is 7.45. The predicted octanol–water partition coefficient (Wildman–Crippen LogP) is 10.0. The lowest BCUT2D eigenvalue weighted by molar-refractivity contribution is -0.118. The molecule has 0 unspecified atom stereocenters. The van der Waals surface area contributed by atoms with Crippen molar-refractivity contribution < 1.29 is 9.53 Å². The zero-order chi connectivity index (χ0) is 27.9. The second kappa shape index (κ2) is 11.0. The van der Waals surface area contributed by atoms with E-state index >= 15 is 0 Å². The number of carbonyl (C=O) groups is 1. The van der Waals surface area contributed by atoms with Crippen LogP contribution in [-0.4, -0.2) is 5.78 Å². The first-order valence-electron chi connectivity index (χ1n) is 12.9. The summed E-state index contributed by atoms with van der Waals surface area (Å²) in [5, 5.41) is 3.29. The van der Waals surface area contributed by atoms with Crippen LogP contribution < -0.4 is 10.5 Å². The van der Waals surface area contributed by atoms with Crippen molar-refractivity contribution in [2.24, 2.45) is 5.41 Å². The summed E-state index contributed by atoms with van der Waals surface area (Å²) in [5.74, 6) is 0.620. The lowest BCUT2D eigenvalue weighted by Crippen LogP contribution is -2.28. The van der Waals surface area contributed by atoms with Crippen LogP contribution in [0.5, 0.6) is 5.75 Å². The highest BCUT2D eigenvalue weighted by molar-refractivity contribution is 9.10. The van der Waals surface area contributed by atoms with Gasteiger partial charge in [-0.3, -0.25) is 4.79 Å². The molecular weight excluding hydrogens is 593 g/mol. The van der Waals surface area contributed by atoms with Crippen LogP contribution in [-0.2, 0) is 11.4 Å². The second-order valence-electron chi connectivity index (χ2n) is 11.0. The van der Waals surface area contributed by atoms with Crippen molar-refractivity contribution >= 4 is 66.9 Å². The fraction of sp³-hybridized carbons (Fsp3) is 0.242. The standard InChI is InChI=1S/C33H30BrCl2NO2/c1-19(25-14-22(34)10-13-30(25)39-18-21-8-11-23(35)15-27(21)36)31-26(16-33(2,3)17-29(31)38)32-24-7-5-4-6-20(24)9-12-28(32)37/h4-15,19H,16-18,37H2,1-3H3/t19-/m0/s1. The van der Waals surface area contributed by atoms with Crippen molar-refractivity contribution in [3.05, 3.63) is 110 Å². The zero-order valence-electron chi connectivity index (χ0n) is 22.2. The molecule has 4 aromatic rings. The highest BCUT2D eigenvalue weighted by Gasteiger charge is 2.37. The molecule has 0 spiro atoms. The number of fused-ring (bicyclic) bond motifs is 1. The van der Waals surface area contributed by atoms with E-state index in [1.165, 1.54) is 0 Å². The molecule has 0 radical (unpaired) electrons. The molecule has 0 fully saturated rings. The van der Waals surface area contributed by atoms with Gasteiger partial charge in [0, 0.05) is 54.8 Å². The third-order valence-corrected chi connectivity index (χ3v) is 8.53. The van der Waals surface area contributed by atoms with Crippen LogP contribution in [0.2, 0.25) is 10.0 Å². The number of halogens is 3. The molecule has 3 nitrogen and oxygen atoms in total. The average Bonchev–Trinajstić information content (AvgIpc) is 2.87. The number of hydrogen-bond donors (Lipinski definition) is 1. The van der Waals surface area contributed by atoms with Gasteiger partial charge in [-0.2, -0.15) is 0 Å². The Bertz CT molecular complexity index is 1630. The van der Waals surface area contributed by atoms with Gasteiger partial charge in [0.25, 0.3) is 0 Å². The highest BCUT2D eigenvalue weighted by atomic mass is 79.9. The van der Waals surface area contributed by atoms with E-state index < -0.39 is 0 Å². The number of nitrogens with two attached hydrogens (primary N) is 1. The van der Waals surface area contributed by atoms with Gasteiger partial charge in [-0.25, -0.2) is 0 Å². The summed E-state index contributed by atoms with van der Waals surface area (Å²) in [5.41, 5.74) is 11.7. The van der Waals surface area contributed by atoms with Gasteiger partial charge in [0.15, 0.2) is 5.78 Å². The molecule has 1 atom stereocenters. The minimum atomic E-state index is -0.227. The number of nitrogen functional groups attached to an aromatic ring is 1. The maximum absolute atomic E-state index is 13.9. The number of allylic oxidation sites excluding steroid dienone is 2. The number of benzene rings is 4. The van der Waals surface area contributed by atoms with E-state index in [-0.39, 0.29) is 23.7 Å². The number of ether oxygens (including phenoxy) is 1. The van der Waals surface area contributed by atoms with E-state index in [0.29, 0.717) is 27.9 Å². The van der Waals surface area contributed by atoms with Crippen molar-refractivity contribution in [1.82, 2.24) is 0 Å². The molecule has 0 saturated carbocycles.